The first kappa shape index (κ1) is 15.6. The second-order valence-corrected chi connectivity index (χ2v) is 8.36. The summed E-state index contributed by atoms with van der Waals surface area (Å²) in [5, 5.41) is 2.94. The lowest BCUT2D eigenvalue weighted by Crippen LogP contribution is -2.41. The zero-order valence-corrected chi connectivity index (χ0v) is 13.8. The molecule has 2 heterocycles. The number of rotatable bonds is 4. The lowest BCUT2D eigenvalue weighted by molar-refractivity contribution is 0.0924. The fourth-order valence-electron chi connectivity index (χ4n) is 2.38. The van der Waals surface area contributed by atoms with Crippen LogP contribution in [0.4, 0.5) is 0 Å². The zero-order valence-electron chi connectivity index (χ0n) is 11.4. The van der Waals surface area contributed by atoms with Crippen molar-refractivity contribution in [2.24, 2.45) is 0 Å². The zero-order chi connectivity index (χ0) is 14.8. The van der Waals surface area contributed by atoms with Gasteiger partial charge in [-0.15, -0.1) is 0 Å². The monoisotopic (exact) mass is 362 g/mol. The van der Waals surface area contributed by atoms with Crippen LogP contribution in [-0.4, -0.2) is 36.4 Å². The van der Waals surface area contributed by atoms with Crippen LogP contribution in [0.3, 0.4) is 0 Å². The molecule has 1 fully saturated rings. The van der Waals surface area contributed by atoms with E-state index >= 15 is 0 Å². The molecule has 1 aliphatic heterocycles. The minimum Gasteiger partial charge on any atom is -0.348 e. The van der Waals surface area contributed by atoms with E-state index in [4.69, 9.17) is 0 Å². The van der Waals surface area contributed by atoms with Gasteiger partial charge in [0.05, 0.1) is 11.5 Å². The normalized spacial score (nSPS) is 18.9. The van der Waals surface area contributed by atoms with Crippen molar-refractivity contribution in [3.05, 3.63) is 22.4 Å². The molecular formula is C13H19BrN2O3S. The van der Waals surface area contributed by atoms with Crippen LogP contribution < -0.4 is 5.32 Å². The number of aryl methyl sites for hydroxylation is 1. The molecule has 0 atom stereocenters. The van der Waals surface area contributed by atoms with Crippen molar-refractivity contribution in [2.75, 3.05) is 11.5 Å². The van der Waals surface area contributed by atoms with E-state index in [2.05, 4.69) is 28.2 Å². The number of sulfone groups is 1. The van der Waals surface area contributed by atoms with Crippen molar-refractivity contribution < 1.29 is 13.2 Å². The van der Waals surface area contributed by atoms with Crippen LogP contribution >= 0.6 is 15.9 Å². The summed E-state index contributed by atoms with van der Waals surface area (Å²) in [6, 6.07) is 1.75. The van der Waals surface area contributed by atoms with E-state index in [1.807, 2.05) is 10.8 Å². The molecule has 1 aliphatic rings. The van der Waals surface area contributed by atoms with Crippen molar-refractivity contribution in [3.8, 4) is 0 Å². The maximum Gasteiger partial charge on any atom is 0.268 e. The molecule has 7 heteroatoms. The number of carbonyl (C=O) groups is 1. The number of nitrogens with zero attached hydrogens (tertiary/aromatic N) is 1. The van der Waals surface area contributed by atoms with Gasteiger partial charge in [0.1, 0.15) is 15.5 Å². The number of nitrogens with one attached hydrogen (secondary N) is 1. The Morgan fingerprint density at radius 1 is 1.45 bits per heavy atom. The van der Waals surface area contributed by atoms with Gasteiger partial charge in [-0.1, -0.05) is 6.92 Å². The lowest BCUT2D eigenvalue weighted by Gasteiger charge is -2.23. The van der Waals surface area contributed by atoms with Crippen LogP contribution in [-0.2, 0) is 16.4 Å². The van der Waals surface area contributed by atoms with Gasteiger partial charge in [0.2, 0.25) is 0 Å². The molecule has 1 amide bonds. The van der Waals surface area contributed by atoms with Crippen LogP contribution in [0.25, 0.3) is 0 Å². The predicted octanol–water partition coefficient (Wildman–Crippen LogP) is 1.97. The average molecular weight is 363 g/mol. The van der Waals surface area contributed by atoms with Gasteiger partial charge < -0.3 is 9.88 Å². The third-order valence-corrected chi connectivity index (χ3v) is 5.60. The van der Waals surface area contributed by atoms with Gasteiger partial charge in [0.25, 0.3) is 5.91 Å². The number of amides is 1. The molecule has 1 N–H and O–H groups in total. The summed E-state index contributed by atoms with van der Waals surface area (Å²) < 4.78 is 25.5. The van der Waals surface area contributed by atoms with E-state index in [0.717, 1.165) is 17.4 Å². The first-order chi connectivity index (χ1) is 9.41. The molecule has 0 radical (unpaired) electrons. The van der Waals surface area contributed by atoms with E-state index < -0.39 is 9.84 Å². The van der Waals surface area contributed by atoms with E-state index in [-0.39, 0.29) is 23.5 Å². The van der Waals surface area contributed by atoms with Crippen LogP contribution in [0.5, 0.6) is 0 Å². The molecule has 0 aliphatic carbocycles. The van der Waals surface area contributed by atoms with Gasteiger partial charge in [0.15, 0.2) is 0 Å². The Labute approximate surface area is 127 Å². The van der Waals surface area contributed by atoms with Crippen molar-refractivity contribution >= 4 is 31.7 Å². The smallest absolute Gasteiger partial charge is 0.268 e. The van der Waals surface area contributed by atoms with E-state index in [9.17, 15) is 13.2 Å². The minimum absolute atomic E-state index is 0.0465. The van der Waals surface area contributed by atoms with Crippen molar-refractivity contribution in [1.29, 1.82) is 0 Å². The molecule has 0 unspecified atom stereocenters. The van der Waals surface area contributed by atoms with Gasteiger partial charge in [-0.2, -0.15) is 0 Å². The molecule has 5 nitrogen and oxygen atoms in total. The highest BCUT2D eigenvalue weighted by Crippen LogP contribution is 2.17. The first-order valence-electron chi connectivity index (χ1n) is 6.78. The molecule has 112 valence electrons. The number of hydrogen-bond donors (Lipinski definition) is 1. The molecule has 1 aromatic heterocycles. The Balaban J connectivity index is 2.02. The Morgan fingerprint density at radius 3 is 2.70 bits per heavy atom. The molecule has 2 rings (SSSR count). The first-order valence-corrected chi connectivity index (χ1v) is 9.39. The molecule has 1 saturated heterocycles. The molecular weight excluding hydrogens is 344 g/mol. The largest absolute Gasteiger partial charge is 0.348 e. The summed E-state index contributed by atoms with van der Waals surface area (Å²) in [7, 11) is -2.89. The van der Waals surface area contributed by atoms with Crippen molar-refractivity contribution in [3.63, 3.8) is 0 Å². The molecule has 20 heavy (non-hydrogen) atoms. The van der Waals surface area contributed by atoms with Gasteiger partial charge >= 0.3 is 0 Å². The molecule has 0 saturated carbocycles. The summed E-state index contributed by atoms with van der Waals surface area (Å²) in [5.41, 5.74) is 0.618. The fourth-order valence-corrected chi connectivity index (χ4v) is 4.34. The summed E-state index contributed by atoms with van der Waals surface area (Å²) in [4.78, 5) is 12.3. The summed E-state index contributed by atoms with van der Waals surface area (Å²) in [6.45, 7) is 2.84. The second kappa shape index (κ2) is 6.30. The highest BCUT2D eigenvalue weighted by Gasteiger charge is 2.25. The topological polar surface area (TPSA) is 68.2 Å². The molecule has 0 aromatic carbocycles. The standard InChI is InChI=1S/C13H19BrN2O3S/c1-2-5-16-9-10(14)8-12(16)13(17)15-11-3-6-20(18,19)7-4-11/h8-9,11H,2-7H2,1H3,(H,15,17). The highest BCUT2D eigenvalue weighted by molar-refractivity contribution is 9.10. The third-order valence-electron chi connectivity index (χ3n) is 3.45. The third kappa shape index (κ3) is 3.85. The van der Waals surface area contributed by atoms with E-state index in [0.29, 0.717) is 18.5 Å². The van der Waals surface area contributed by atoms with Gasteiger partial charge in [-0.3, -0.25) is 4.79 Å². The predicted molar refractivity (Wildman–Crippen MR) is 81.6 cm³/mol. The van der Waals surface area contributed by atoms with Crippen LogP contribution in [0.15, 0.2) is 16.7 Å². The Bertz CT molecular complexity index is 581. The Kier molecular flexibility index (Phi) is 4.90. The van der Waals surface area contributed by atoms with Crippen LogP contribution in [0, 0.1) is 0 Å². The lowest BCUT2D eigenvalue weighted by atomic mass is 10.1. The fraction of sp³-hybridized carbons (Fsp3) is 0.615. The summed E-state index contributed by atoms with van der Waals surface area (Å²) >= 11 is 3.38. The molecule has 0 bridgehead atoms. The SMILES string of the molecule is CCCn1cc(Br)cc1C(=O)NC1CCS(=O)(=O)CC1. The van der Waals surface area contributed by atoms with Gasteiger partial charge in [-0.05, 0) is 41.3 Å². The average Bonchev–Trinajstić information content (AvgIpc) is 2.74. The Hall–Kier alpha value is -0.820. The molecule has 1 aromatic rings. The van der Waals surface area contributed by atoms with E-state index in [1.54, 1.807) is 6.07 Å². The molecule has 0 spiro atoms. The van der Waals surface area contributed by atoms with Crippen molar-refractivity contribution in [1.82, 2.24) is 9.88 Å². The number of halogens is 1. The maximum absolute atomic E-state index is 12.3. The second-order valence-electron chi connectivity index (χ2n) is 5.14. The highest BCUT2D eigenvalue weighted by atomic mass is 79.9. The van der Waals surface area contributed by atoms with Crippen LogP contribution in [0.1, 0.15) is 36.7 Å². The number of hydrogen-bond acceptors (Lipinski definition) is 3. The van der Waals surface area contributed by atoms with Crippen LogP contribution in [0.2, 0.25) is 0 Å². The van der Waals surface area contributed by atoms with Crippen molar-refractivity contribution in [2.45, 2.75) is 38.8 Å². The quantitative estimate of drug-likeness (QED) is 0.889. The Morgan fingerprint density at radius 2 is 2.10 bits per heavy atom. The summed E-state index contributed by atoms with van der Waals surface area (Å²) in [5.74, 6) is 0.198. The maximum atomic E-state index is 12.3. The summed E-state index contributed by atoms with van der Waals surface area (Å²) in [6.07, 6.45) is 3.85. The van der Waals surface area contributed by atoms with Gasteiger partial charge in [0, 0.05) is 23.3 Å². The number of carbonyl (C=O) groups excluding carboxylic acids is 1. The van der Waals surface area contributed by atoms with Gasteiger partial charge in [-0.25, -0.2) is 8.42 Å². The van der Waals surface area contributed by atoms with E-state index in [1.165, 1.54) is 0 Å². The minimum atomic E-state index is -2.89. The number of aromatic nitrogens is 1.